The molecule has 0 unspecified atom stereocenters. The lowest BCUT2D eigenvalue weighted by atomic mass is 10.4. The van der Waals surface area contributed by atoms with Crippen LogP contribution in [0.1, 0.15) is 0 Å². The van der Waals surface area contributed by atoms with Crippen LogP contribution in [-0.4, -0.2) is 25.6 Å². The van der Waals surface area contributed by atoms with Crippen LogP contribution in [0, 0.1) is 0 Å². The van der Waals surface area contributed by atoms with Gasteiger partial charge in [-0.15, -0.1) is 0 Å². The second kappa shape index (κ2) is 6.90. The molecule has 0 saturated carbocycles. The van der Waals surface area contributed by atoms with Gasteiger partial charge in [-0.3, -0.25) is 4.79 Å². The molecule has 0 rings (SSSR count). The Morgan fingerprint density at radius 2 is 2.00 bits per heavy atom. The van der Waals surface area contributed by atoms with Crippen LogP contribution in [0.2, 0.25) is 0 Å². The van der Waals surface area contributed by atoms with E-state index in [2.05, 4.69) is 17.0 Å². The van der Waals surface area contributed by atoms with Crippen LogP contribution in [-0.2, 0) is 14.3 Å². The summed E-state index contributed by atoms with van der Waals surface area (Å²) < 4.78 is 9.23. The Balaban J connectivity index is 3.61. The number of rotatable bonds is 6. The molecule has 5 heteroatoms. The van der Waals surface area contributed by atoms with E-state index in [1.165, 1.54) is 12.2 Å². The molecule has 5 nitrogen and oxygen atoms in total. The molecule has 0 saturated heterocycles. The summed E-state index contributed by atoms with van der Waals surface area (Å²) in [5.74, 6) is 0.128. The van der Waals surface area contributed by atoms with Gasteiger partial charge in [-0.1, -0.05) is 12.7 Å². The Morgan fingerprint density at radius 1 is 1.38 bits per heavy atom. The van der Waals surface area contributed by atoms with Crippen molar-refractivity contribution >= 4 is 12.4 Å². The van der Waals surface area contributed by atoms with E-state index in [1.807, 2.05) is 0 Å². The smallest absolute Gasteiger partial charge is 0.404 e. The molecule has 0 aromatic heterocycles. The largest absolute Gasteiger partial charge is 0.487 e. The van der Waals surface area contributed by atoms with E-state index in [-0.39, 0.29) is 19.0 Å². The lowest BCUT2D eigenvalue weighted by Gasteiger charge is -2.03. The van der Waals surface area contributed by atoms with E-state index in [0.717, 1.165) is 0 Å². The quantitative estimate of drug-likeness (QED) is 0.213. The number of hydrogen-bond acceptors (Lipinski definition) is 4. The van der Waals surface area contributed by atoms with Crippen molar-refractivity contribution in [3.05, 3.63) is 24.5 Å². The van der Waals surface area contributed by atoms with E-state index in [4.69, 9.17) is 4.74 Å². The third-order valence-electron chi connectivity index (χ3n) is 0.995. The van der Waals surface area contributed by atoms with Crippen molar-refractivity contribution in [3.63, 3.8) is 0 Å². The number of amides is 1. The number of primary amides is 1. The Morgan fingerprint density at radius 3 is 2.46 bits per heavy atom. The van der Waals surface area contributed by atoms with Crippen molar-refractivity contribution in [1.82, 2.24) is 0 Å². The molecule has 0 heterocycles. The topological polar surface area (TPSA) is 78.6 Å². The van der Waals surface area contributed by atoms with Crippen molar-refractivity contribution < 1.29 is 19.1 Å². The zero-order chi connectivity index (χ0) is 10.1. The lowest BCUT2D eigenvalue weighted by Crippen LogP contribution is -2.16. The molecule has 13 heavy (non-hydrogen) atoms. The predicted molar refractivity (Wildman–Crippen MR) is 45.8 cm³/mol. The highest BCUT2D eigenvalue weighted by Gasteiger charge is 1.96. The van der Waals surface area contributed by atoms with Crippen molar-refractivity contribution in [3.8, 4) is 0 Å². The van der Waals surface area contributed by atoms with Gasteiger partial charge >= 0.3 is 6.09 Å². The van der Waals surface area contributed by atoms with Crippen molar-refractivity contribution in [2.45, 2.75) is 0 Å². The maximum absolute atomic E-state index is 10.2. The summed E-state index contributed by atoms with van der Waals surface area (Å²) in [6, 6.07) is 0. The standard InChI is InChI=1S/C8H11NO4/c1-2-3-7(6-10)12-4-5-13-8(9)11/h2-3,6H,1,4-5H2,(H2,9,11). The second-order valence-electron chi connectivity index (χ2n) is 1.94. The van der Waals surface area contributed by atoms with Gasteiger partial charge in [0.05, 0.1) is 0 Å². The van der Waals surface area contributed by atoms with Crippen LogP contribution in [0.3, 0.4) is 0 Å². The highest BCUT2D eigenvalue weighted by molar-refractivity contribution is 5.70. The highest BCUT2D eigenvalue weighted by Crippen LogP contribution is 1.92. The van der Waals surface area contributed by atoms with Gasteiger partial charge in [0.1, 0.15) is 13.2 Å². The average Bonchev–Trinajstić information content (AvgIpc) is 2.10. The Kier molecular flexibility index (Phi) is 5.96. The summed E-state index contributed by atoms with van der Waals surface area (Å²) in [5.41, 5.74) is 4.68. The van der Waals surface area contributed by atoms with E-state index in [1.54, 1.807) is 0 Å². The number of allylic oxidation sites excluding steroid dienone is 3. The van der Waals surface area contributed by atoms with Gasteiger partial charge in [0.25, 0.3) is 0 Å². The van der Waals surface area contributed by atoms with Crippen LogP contribution >= 0.6 is 0 Å². The van der Waals surface area contributed by atoms with Crippen LogP contribution in [0.4, 0.5) is 4.79 Å². The molecule has 0 aliphatic rings. The number of carbonyl (C=O) groups excluding carboxylic acids is 2. The zero-order valence-corrected chi connectivity index (χ0v) is 7.06. The third-order valence-corrected chi connectivity index (χ3v) is 0.995. The fourth-order valence-corrected chi connectivity index (χ4v) is 0.539. The zero-order valence-electron chi connectivity index (χ0n) is 7.06. The molecule has 72 valence electrons. The minimum Gasteiger partial charge on any atom is -0.487 e. The minimum absolute atomic E-state index is 0.0116. The maximum atomic E-state index is 10.2. The molecule has 0 atom stereocenters. The van der Waals surface area contributed by atoms with Gasteiger partial charge in [0, 0.05) is 0 Å². The van der Waals surface area contributed by atoms with Gasteiger partial charge in [-0.25, -0.2) is 4.79 Å². The highest BCUT2D eigenvalue weighted by atomic mass is 16.6. The SMILES string of the molecule is C=CC=C(C=O)OCCOC(N)=O. The van der Waals surface area contributed by atoms with E-state index in [9.17, 15) is 9.59 Å². The van der Waals surface area contributed by atoms with Gasteiger partial charge in [0.2, 0.25) is 0 Å². The summed E-state index contributed by atoms with van der Waals surface area (Å²) in [7, 11) is 0. The normalized spacial score (nSPS) is 10.3. The fourth-order valence-electron chi connectivity index (χ4n) is 0.539. The van der Waals surface area contributed by atoms with Gasteiger partial charge in [0.15, 0.2) is 12.0 Å². The van der Waals surface area contributed by atoms with Gasteiger partial charge in [-0.2, -0.15) is 0 Å². The Bertz CT molecular complexity index is 222. The van der Waals surface area contributed by atoms with Crippen LogP contribution in [0.15, 0.2) is 24.5 Å². The first-order valence-corrected chi connectivity index (χ1v) is 3.53. The molecule has 0 aliphatic carbocycles. The molecule has 0 fully saturated rings. The average molecular weight is 185 g/mol. The Hall–Kier alpha value is -1.78. The summed E-state index contributed by atoms with van der Waals surface area (Å²) in [6.45, 7) is 3.48. The number of hydrogen-bond donors (Lipinski definition) is 1. The second-order valence-corrected chi connectivity index (χ2v) is 1.94. The number of nitrogens with two attached hydrogens (primary N) is 1. The number of ether oxygens (including phenoxy) is 2. The van der Waals surface area contributed by atoms with Crippen molar-refractivity contribution in [2.75, 3.05) is 13.2 Å². The first kappa shape index (κ1) is 11.2. The Labute approximate surface area is 75.8 Å². The predicted octanol–water partition coefficient (Wildman–Crippen LogP) is 0.367. The lowest BCUT2D eigenvalue weighted by molar-refractivity contribution is -0.107. The summed E-state index contributed by atoms with van der Waals surface area (Å²) >= 11 is 0. The van der Waals surface area contributed by atoms with E-state index in [0.29, 0.717) is 6.29 Å². The molecule has 0 bridgehead atoms. The van der Waals surface area contributed by atoms with E-state index < -0.39 is 6.09 Å². The molecular formula is C8H11NO4. The number of aldehydes is 1. The minimum atomic E-state index is -0.871. The molecule has 0 radical (unpaired) electrons. The van der Waals surface area contributed by atoms with Gasteiger partial charge < -0.3 is 15.2 Å². The monoisotopic (exact) mass is 185 g/mol. The van der Waals surface area contributed by atoms with Crippen molar-refractivity contribution in [2.24, 2.45) is 5.73 Å². The van der Waals surface area contributed by atoms with Crippen LogP contribution in [0.25, 0.3) is 0 Å². The van der Waals surface area contributed by atoms with Crippen molar-refractivity contribution in [1.29, 1.82) is 0 Å². The van der Waals surface area contributed by atoms with Crippen LogP contribution < -0.4 is 5.73 Å². The first-order chi connectivity index (χ1) is 6.20. The molecule has 2 N–H and O–H groups in total. The molecular weight excluding hydrogens is 174 g/mol. The third kappa shape index (κ3) is 6.61. The van der Waals surface area contributed by atoms with Gasteiger partial charge in [-0.05, 0) is 6.08 Å². The van der Waals surface area contributed by atoms with E-state index >= 15 is 0 Å². The van der Waals surface area contributed by atoms with Crippen LogP contribution in [0.5, 0.6) is 0 Å². The maximum Gasteiger partial charge on any atom is 0.404 e. The summed E-state index contributed by atoms with van der Waals surface area (Å²) in [4.78, 5) is 20.3. The molecule has 0 aromatic rings. The summed E-state index contributed by atoms with van der Waals surface area (Å²) in [6.07, 6.45) is 2.48. The first-order valence-electron chi connectivity index (χ1n) is 3.53. The molecule has 0 aliphatic heterocycles. The number of carbonyl (C=O) groups is 2. The fraction of sp³-hybridized carbons (Fsp3) is 0.250. The molecule has 0 aromatic carbocycles. The summed E-state index contributed by atoms with van der Waals surface area (Å²) in [5, 5.41) is 0. The molecule has 0 spiro atoms. The molecule has 1 amide bonds.